The second-order valence-corrected chi connectivity index (χ2v) is 10.9. The summed E-state index contributed by atoms with van der Waals surface area (Å²) in [7, 11) is 1.62. The SMILES string of the molecule is CCc1[nH]c2cc(Sc3cnc4nccnc4c3)nc(N3CC(CNC(=O)COCCOCCOC)C3)c2c1Cl. The van der Waals surface area contributed by atoms with Gasteiger partial charge in [-0.2, -0.15) is 0 Å². The van der Waals surface area contributed by atoms with Crippen molar-refractivity contribution in [3.63, 3.8) is 0 Å². The van der Waals surface area contributed by atoms with Crippen molar-refractivity contribution in [2.75, 3.05) is 64.7 Å². The van der Waals surface area contributed by atoms with Crippen LogP contribution in [0.3, 0.4) is 0 Å². The number of pyridine rings is 2. The van der Waals surface area contributed by atoms with Crippen LogP contribution >= 0.6 is 23.4 Å². The number of halogens is 1. The van der Waals surface area contributed by atoms with Crippen LogP contribution in [0.1, 0.15) is 12.6 Å². The van der Waals surface area contributed by atoms with E-state index in [-0.39, 0.29) is 12.5 Å². The minimum absolute atomic E-state index is 0.0134. The number of rotatable bonds is 14. The normalized spacial score (nSPS) is 13.7. The highest BCUT2D eigenvalue weighted by Crippen LogP contribution is 2.40. The summed E-state index contributed by atoms with van der Waals surface area (Å²) >= 11 is 8.30. The first-order valence-electron chi connectivity index (χ1n) is 13.2. The van der Waals surface area contributed by atoms with Gasteiger partial charge in [0.05, 0.1) is 42.4 Å². The van der Waals surface area contributed by atoms with E-state index in [1.807, 2.05) is 12.1 Å². The molecule has 0 saturated carbocycles. The molecule has 0 bridgehead atoms. The van der Waals surface area contributed by atoms with E-state index in [9.17, 15) is 4.79 Å². The van der Waals surface area contributed by atoms with E-state index >= 15 is 0 Å². The Bertz CT molecular complexity index is 1460. The van der Waals surface area contributed by atoms with E-state index in [0.29, 0.717) is 49.6 Å². The monoisotopic (exact) mass is 585 g/mol. The third kappa shape index (κ3) is 6.81. The van der Waals surface area contributed by atoms with Crippen LogP contribution in [0.4, 0.5) is 5.82 Å². The zero-order valence-electron chi connectivity index (χ0n) is 22.5. The summed E-state index contributed by atoms with van der Waals surface area (Å²) in [5, 5.41) is 5.42. The molecule has 212 valence electrons. The summed E-state index contributed by atoms with van der Waals surface area (Å²) in [6.45, 7) is 6.03. The highest BCUT2D eigenvalue weighted by atomic mass is 35.5. The molecular formula is C27H32ClN7O4S. The van der Waals surface area contributed by atoms with Crippen LogP contribution in [0, 0.1) is 5.92 Å². The molecule has 0 radical (unpaired) electrons. The number of aromatic amines is 1. The molecule has 0 unspecified atom stereocenters. The Morgan fingerprint density at radius 1 is 1.15 bits per heavy atom. The molecule has 40 heavy (non-hydrogen) atoms. The molecule has 0 aliphatic carbocycles. The number of aryl methyl sites for hydroxylation is 1. The van der Waals surface area contributed by atoms with Gasteiger partial charge < -0.3 is 29.4 Å². The average molecular weight is 586 g/mol. The molecule has 4 aromatic heterocycles. The van der Waals surface area contributed by atoms with Crippen LogP contribution < -0.4 is 10.2 Å². The molecule has 1 fully saturated rings. The van der Waals surface area contributed by atoms with E-state index in [1.165, 1.54) is 11.8 Å². The van der Waals surface area contributed by atoms with Crippen LogP contribution in [0.2, 0.25) is 5.02 Å². The predicted molar refractivity (Wildman–Crippen MR) is 154 cm³/mol. The predicted octanol–water partition coefficient (Wildman–Crippen LogP) is 3.50. The lowest BCUT2D eigenvalue weighted by Crippen LogP contribution is -2.52. The number of anilines is 1. The van der Waals surface area contributed by atoms with Crippen LogP contribution in [0.5, 0.6) is 0 Å². The highest BCUT2D eigenvalue weighted by molar-refractivity contribution is 7.99. The number of methoxy groups -OCH3 is 1. The molecular weight excluding hydrogens is 554 g/mol. The number of ether oxygens (including phenoxy) is 3. The van der Waals surface area contributed by atoms with Gasteiger partial charge in [-0.3, -0.25) is 9.78 Å². The van der Waals surface area contributed by atoms with E-state index in [1.54, 1.807) is 25.7 Å². The molecule has 4 aromatic rings. The zero-order valence-corrected chi connectivity index (χ0v) is 24.1. The number of fused-ring (bicyclic) bond motifs is 2. The van der Waals surface area contributed by atoms with Gasteiger partial charge in [0.2, 0.25) is 5.91 Å². The first-order valence-corrected chi connectivity index (χ1v) is 14.4. The van der Waals surface area contributed by atoms with Crippen molar-refractivity contribution >= 4 is 57.2 Å². The number of H-pyrrole nitrogens is 1. The van der Waals surface area contributed by atoms with E-state index in [4.69, 9.17) is 30.8 Å². The summed E-state index contributed by atoms with van der Waals surface area (Å²) in [6.07, 6.45) is 5.86. The number of hydrogen-bond acceptors (Lipinski definition) is 10. The van der Waals surface area contributed by atoms with Crippen LogP contribution in [0.25, 0.3) is 22.1 Å². The summed E-state index contributed by atoms with van der Waals surface area (Å²) in [6, 6.07) is 3.99. The van der Waals surface area contributed by atoms with Crippen LogP contribution in [0.15, 0.2) is 40.6 Å². The third-order valence-corrected chi connectivity index (χ3v) is 7.80. The minimum Gasteiger partial charge on any atom is -0.382 e. The van der Waals surface area contributed by atoms with Crippen LogP contribution in [-0.4, -0.2) is 90.6 Å². The Balaban J connectivity index is 1.20. The second-order valence-electron chi connectivity index (χ2n) is 9.38. The lowest BCUT2D eigenvalue weighted by atomic mass is 9.99. The van der Waals surface area contributed by atoms with Crippen molar-refractivity contribution < 1.29 is 19.0 Å². The van der Waals surface area contributed by atoms with Crippen molar-refractivity contribution in [1.29, 1.82) is 0 Å². The minimum atomic E-state index is -0.135. The number of aromatic nitrogens is 5. The molecule has 1 aliphatic rings. The van der Waals surface area contributed by atoms with Gasteiger partial charge in [-0.05, 0) is 18.6 Å². The van der Waals surface area contributed by atoms with Gasteiger partial charge in [-0.15, -0.1) is 0 Å². The van der Waals surface area contributed by atoms with Crippen molar-refractivity contribution in [2.45, 2.75) is 23.3 Å². The molecule has 13 heteroatoms. The number of nitrogens with zero attached hydrogens (tertiary/aromatic N) is 5. The summed E-state index contributed by atoms with van der Waals surface area (Å²) in [4.78, 5) is 36.8. The van der Waals surface area contributed by atoms with Crippen LogP contribution in [-0.2, 0) is 25.4 Å². The topological polar surface area (TPSA) is 127 Å². The van der Waals surface area contributed by atoms with E-state index < -0.39 is 0 Å². The van der Waals surface area contributed by atoms with E-state index in [0.717, 1.165) is 57.4 Å². The first kappa shape index (κ1) is 28.5. The van der Waals surface area contributed by atoms with Gasteiger partial charge in [0, 0.05) is 61.8 Å². The Labute approximate surface area is 241 Å². The van der Waals surface area contributed by atoms with E-state index in [2.05, 4.69) is 37.1 Å². The van der Waals surface area contributed by atoms with Crippen molar-refractivity contribution in [3.8, 4) is 0 Å². The molecule has 1 aliphatic heterocycles. The van der Waals surface area contributed by atoms with Crippen molar-refractivity contribution in [3.05, 3.63) is 41.4 Å². The fourth-order valence-electron chi connectivity index (χ4n) is 4.44. The number of hydrogen-bond donors (Lipinski definition) is 2. The Morgan fingerprint density at radius 3 is 2.77 bits per heavy atom. The lowest BCUT2D eigenvalue weighted by Gasteiger charge is -2.40. The molecule has 11 nitrogen and oxygen atoms in total. The van der Waals surface area contributed by atoms with Gasteiger partial charge in [0.1, 0.15) is 23.0 Å². The quantitative estimate of drug-likeness (QED) is 0.212. The second kappa shape index (κ2) is 13.6. The average Bonchev–Trinajstić information content (AvgIpc) is 3.26. The third-order valence-electron chi connectivity index (χ3n) is 6.50. The Kier molecular flexibility index (Phi) is 9.66. The Hall–Kier alpha value is -3.03. The molecule has 1 saturated heterocycles. The molecule has 0 aromatic carbocycles. The molecule has 5 rings (SSSR count). The molecule has 0 atom stereocenters. The van der Waals surface area contributed by atoms with Gasteiger partial charge in [-0.25, -0.2) is 15.0 Å². The summed E-state index contributed by atoms with van der Waals surface area (Å²) in [5.41, 5.74) is 3.27. The smallest absolute Gasteiger partial charge is 0.246 e. The molecule has 1 amide bonds. The van der Waals surface area contributed by atoms with Gasteiger partial charge in [0.15, 0.2) is 5.65 Å². The molecule has 2 N–H and O–H groups in total. The van der Waals surface area contributed by atoms with Gasteiger partial charge >= 0.3 is 0 Å². The molecule has 0 spiro atoms. The fraction of sp³-hybridized carbons (Fsp3) is 0.444. The standard InChI is InChI=1S/C27H32ClN7O4S/c1-3-19-25(28)24-20(33-19)11-23(40-18-10-21-26(32-13-18)30-5-4-29-21)34-27(24)35-14-17(15-35)12-31-22(36)16-39-9-8-38-7-6-37-2/h4-5,10-11,13,17,33H,3,6-9,12,14-16H2,1-2H3,(H,31,36). The Morgan fingerprint density at radius 2 is 1.95 bits per heavy atom. The van der Waals surface area contributed by atoms with Crippen molar-refractivity contribution in [2.24, 2.45) is 5.92 Å². The number of nitrogens with one attached hydrogen (secondary N) is 2. The number of carbonyl (C=O) groups is 1. The fourth-order valence-corrected chi connectivity index (χ4v) is 5.63. The lowest BCUT2D eigenvalue weighted by molar-refractivity contribution is -0.126. The number of carbonyl (C=O) groups excluding carboxylic acids is 1. The maximum atomic E-state index is 12.2. The summed E-state index contributed by atoms with van der Waals surface area (Å²) < 4.78 is 15.6. The molecule has 5 heterocycles. The first-order chi connectivity index (χ1) is 19.6. The largest absolute Gasteiger partial charge is 0.382 e. The van der Waals surface area contributed by atoms with Gasteiger partial charge in [-0.1, -0.05) is 30.3 Å². The van der Waals surface area contributed by atoms with Gasteiger partial charge in [0.25, 0.3) is 0 Å². The zero-order chi connectivity index (χ0) is 27.9. The highest BCUT2D eigenvalue weighted by Gasteiger charge is 2.31. The maximum Gasteiger partial charge on any atom is 0.246 e. The number of amides is 1. The maximum absolute atomic E-state index is 12.2. The summed E-state index contributed by atoms with van der Waals surface area (Å²) in [5.74, 6) is 1.01. The van der Waals surface area contributed by atoms with Crippen molar-refractivity contribution in [1.82, 2.24) is 30.2 Å².